The minimum absolute atomic E-state index is 0.0741. The van der Waals surface area contributed by atoms with Crippen molar-refractivity contribution in [1.82, 2.24) is 14.7 Å². The van der Waals surface area contributed by atoms with Gasteiger partial charge in [-0.15, -0.1) is 0 Å². The number of carbonyl (C=O) groups is 1. The van der Waals surface area contributed by atoms with Crippen LogP contribution in [0.1, 0.15) is 42.5 Å². The van der Waals surface area contributed by atoms with Crippen LogP contribution in [0.3, 0.4) is 0 Å². The first-order valence-electron chi connectivity index (χ1n) is 7.61. The van der Waals surface area contributed by atoms with Gasteiger partial charge in [-0.3, -0.25) is 19.6 Å². The topological polar surface area (TPSA) is 94.4 Å². The molecule has 3 rings (SSSR count). The van der Waals surface area contributed by atoms with E-state index in [2.05, 4.69) is 5.10 Å². The Morgan fingerprint density at radius 3 is 3.00 bits per heavy atom. The number of hydrogen-bond donors (Lipinski definition) is 0. The molecular formula is C15H18N4O4. The maximum atomic E-state index is 12.5. The van der Waals surface area contributed by atoms with Gasteiger partial charge in [0.05, 0.1) is 11.5 Å². The first-order valence-corrected chi connectivity index (χ1v) is 7.61. The molecule has 2 aromatic rings. The van der Waals surface area contributed by atoms with Crippen LogP contribution >= 0.6 is 0 Å². The number of furan rings is 1. The second-order valence-corrected chi connectivity index (χ2v) is 5.76. The van der Waals surface area contributed by atoms with E-state index in [1.54, 1.807) is 12.1 Å². The van der Waals surface area contributed by atoms with Crippen molar-refractivity contribution < 1.29 is 14.1 Å². The lowest BCUT2D eigenvalue weighted by Gasteiger charge is -2.32. The molecule has 0 aromatic carbocycles. The minimum Gasteiger partial charge on any atom is -0.454 e. The van der Waals surface area contributed by atoms with Crippen LogP contribution in [-0.2, 0) is 6.54 Å². The predicted octanol–water partition coefficient (Wildman–Crippen LogP) is 2.45. The quantitative estimate of drug-likeness (QED) is 0.637. The summed E-state index contributed by atoms with van der Waals surface area (Å²) in [5.41, 5.74) is -0.0741. The monoisotopic (exact) mass is 318 g/mol. The minimum atomic E-state index is -0.502. The van der Waals surface area contributed by atoms with Gasteiger partial charge < -0.3 is 9.32 Å². The van der Waals surface area contributed by atoms with E-state index >= 15 is 0 Å². The van der Waals surface area contributed by atoms with E-state index in [4.69, 9.17) is 4.42 Å². The molecule has 23 heavy (non-hydrogen) atoms. The van der Waals surface area contributed by atoms with Gasteiger partial charge in [-0.05, 0) is 38.3 Å². The van der Waals surface area contributed by atoms with Gasteiger partial charge in [0, 0.05) is 12.6 Å². The highest BCUT2D eigenvalue weighted by atomic mass is 16.6. The molecule has 2 aromatic heterocycles. The molecule has 1 aliphatic rings. The fourth-order valence-corrected chi connectivity index (χ4v) is 2.81. The summed E-state index contributed by atoms with van der Waals surface area (Å²) in [5, 5.41) is 14.6. The molecule has 0 bridgehead atoms. The van der Waals surface area contributed by atoms with Crippen molar-refractivity contribution in [2.24, 2.45) is 0 Å². The third-order valence-corrected chi connectivity index (χ3v) is 4.08. The van der Waals surface area contributed by atoms with Crippen LogP contribution in [0.4, 0.5) is 5.69 Å². The highest BCUT2D eigenvalue weighted by molar-refractivity contribution is 5.91. The molecule has 1 fully saturated rings. The van der Waals surface area contributed by atoms with Crippen molar-refractivity contribution in [3.63, 3.8) is 0 Å². The third kappa shape index (κ3) is 3.25. The number of piperidine rings is 1. The molecule has 1 atom stereocenters. The molecule has 3 heterocycles. The van der Waals surface area contributed by atoms with Crippen molar-refractivity contribution >= 4 is 11.6 Å². The molecule has 1 saturated heterocycles. The molecule has 0 aliphatic carbocycles. The zero-order chi connectivity index (χ0) is 16.4. The van der Waals surface area contributed by atoms with Gasteiger partial charge in [-0.25, -0.2) is 0 Å². The Labute approximate surface area is 132 Å². The third-order valence-electron chi connectivity index (χ3n) is 4.08. The van der Waals surface area contributed by atoms with Crippen LogP contribution in [0.25, 0.3) is 0 Å². The lowest BCUT2D eigenvalue weighted by Crippen LogP contribution is -2.41. The molecule has 122 valence electrons. The van der Waals surface area contributed by atoms with Crippen LogP contribution < -0.4 is 0 Å². The van der Waals surface area contributed by atoms with Crippen LogP contribution in [0.2, 0.25) is 0 Å². The fraction of sp³-hybridized carbons (Fsp3) is 0.467. The van der Waals surface area contributed by atoms with E-state index in [0.717, 1.165) is 25.8 Å². The Kier molecular flexibility index (Phi) is 4.14. The molecule has 1 aliphatic heterocycles. The normalized spacial score (nSPS) is 18.1. The zero-order valence-corrected chi connectivity index (χ0v) is 12.8. The van der Waals surface area contributed by atoms with Crippen molar-refractivity contribution in [3.05, 3.63) is 46.2 Å². The summed E-state index contributed by atoms with van der Waals surface area (Å²) < 4.78 is 7.01. The summed E-state index contributed by atoms with van der Waals surface area (Å²) in [6.07, 6.45) is 5.68. The molecule has 0 N–H and O–H groups in total. The average molecular weight is 318 g/mol. The van der Waals surface area contributed by atoms with Crippen molar-refractivity contribution in [3.8, 4) is 0 Å². The number of amides is 1. The lowest BCUT2D eigenvalue weighted by molar-refractivity contribution is -0.385. The highest BCUT2D eigenvalue weighted by Gasteiger charge is 2.26. The van der Waals surface area contributed by atoms with Crippen molar-refractivity contribution in [2.75, 3.05) is 6.54 Å². The van der Waals surface area contributed by atoms with E-state index in [0.29, 0.717) is 11.5 Å². The summed E-state index contributed by atoms with van der Waals surface area (Å²) in [5.74, 6) is 0.737. The van der Waals surface area contributed by atoms with E-state index in [9.17, 15) is 14.9 Å². The average Bonchev–Trinajstić information content (AvgIpc) is 3.17. The van der Waals surface area contributed by atoms with Crippen LogP contribution in [0.15, 0.2) is 28.9 Å². The summed E-state index contributed by atoms with van der Waals surface area (Å²) >= 11 is 0. The second-order valence-electron chi connectivity index (χ2n) is 5.76. The van der Waals surface area contributed by atoms with Gasteiger partial charge >= 0.3 is 5.69 Å². The second kappa shape index (κ2) is 6.23. The Morgan fingerprint density at radius 1 is 1.48 bits per heavy atom. The Morgan fingerprint density at radius 2 is 2.30 bits per heavy atom. The largest absolute Gasteiger partial charge is 0.454 e. The summed E-state index contributed by atoms with van der Waals surface area (Å²) in [4.78, 5) is 24.5. The molecule has 1 amide bonds. The van der Waals surface area contributed by atoms with Gasteiger partial charge in [-0.2, -0.15) is 5.10 Å². The molecular weight excluding hydrogens is 300 g/mol. The lowest BCUT2D eigenvalue weighted by atomic mass is 10.0. The molecule has 8 heteroatoms. The zero-order valence-electron chi connectivity index (χ0n) is 12.8. The van der Waals surface area contributed by atoms with Gasteiger partial charge in [-0.1, -0.05) is 0 Å². The fourth-order valence-electron chi connectivity index (χ4n) is 2.81. The number of nitro groups is 1. The maximum absolute atomic E-state index is 12.5. The molecule has 0 spiro atoms. The van der Waals surface area contributed by atoms with Gasteiger partial charge in [0.25, 0.3) is 5.91 Å². The summed E-state index contributed by atoms with van der Waals surface area (Å²) in [6, 6.07) is 3.57. The highest BCUT2D eigenvalue weighted by Crippen LogP contribution is 2.20. The first-order chi connectivity index (χ1) is 11.0. The summed E-state index contributed by atoms with van der Waals surface area (Å²) in [7, 11) is 0. The molecule has 0 saturated carbocycles. The van der Waals surface area contributed by atoms with Crippen LogP contribution in [0.5, 0.6) is 0 Å². The maximum Gasteiger partial charge on any atom is 0.307 e. The van der Waals surface area contributed by atoms with E-state index in [1.165, 1.54) is 17.1 Å². The first kappa shape index (κ1) is 15.3. The van der Waals surface area contributed by atoms with Crippen molar-refractivity contribution in [1.29, 1.82) is 0 Å². The van der Waals surface area contributed by atoms with Crippen LogP contribution in [-0.4, -0.2) is 38.1 Å². The van der Waals surface area contributed by atoms with E-state index in [1.807, 2.05) is 11.8 Å². The molecule has 8 nitrogen and oxygen atoms in total. The Hall–Kier alpha value is -2.64. The Bertz CT molecular complexity index is 721. The van der Waals surface area contributed by atoms with Gasteiger partial charge in [0.2, 0.25) is 0 Å². The van der Waals surface area contributed by atoms with E-state index in [-0.39, 0.29) is 24.2 Å². The standard InChI is InChI=1S/C15H18N4O4/c1-11-4-2-3-7-18(11)15(20)14-6-5-13(23-14)10-17-9-12(8-16-17)19(21)22/h5-6,8-9,11H,2-4,7,10H2,1H3/t11-/m0/s1. The number of rotatable bonds is 4. The number of likely N-dealkylation sites (tertiary alicyclic amines) is 1. The van der Waals surface area contributed by atoms with Gasteiger partial charge in [0.1, 0.15) is 18.2 Å². The number of aromatic nitrogens is 2. The number of carbonyl (C=O) groups excluding carboxylic acids is 1. The van der Waals surface area contributed by atoms with Crippen molar-refractivity contribution in [2.45, 2.75) is 38.8 Å². The van der Waals surface area contributed by atoms with Crippen LogP contribution in [0, 0.1) is 10.1 Å². The summed E-state index contributed by atoms with van der Waals surface area (Å²) in [6.45, 7) is 3.04. The molecule has 0 unspecified atom stereocenters. The SMILES string of the molecule is C[C@H]1CCCCN1C(=O)c1ccc(Cn2cc([N+](=O)[O-])cn2)o1. The smallest absolute Gasteiger partial charge is 0.307 e. The molecule has 0 radical (unpaired) electrons. The predicted molar refractivity (Wildman–Crippen MR) is 81.0 cm³/mol. The number of hydrogen-bond acceptors (Lipinski definition) is 5. The Balaban J connectivity index is 1.69. The van der Waals surface area contributed by atoms with E-state index < -0.39 is 4.92 Å². The van der Waals surface area contributed by atoms with Gasteiger partial charge in [0.15, 0.2) is 5.76 Å². The number of nitrogens with zero attached hydrogens (tertiary/aromatic N) is 4.